The Kier molecular flexibility index (Phi) is 6.50. The highest BCUT2D eigenvalue weighted by Gasteiger charge is 2.22. The minimum Gasteiger partial charge on any atom is -0.482 e. The molecule has 2 rings (SSSR count). The molecular formula is C15H19Cl2N3O3. The molecule has 2 amide bonds. The van der Waals surface area contributed by atoms with Gasteiger partial charge in [-0.05, 0) is 12.1 Å². The maximum Gasteiger partial charge on any atom is 0.260 e. The summed E-state index contributed by atoms with van der Waals surface area (Å²) in [5.74, 6) is 0.259. The average molecular weight is 360 g/mol. The quantitative estimate of drug-likeness (QED) is 0.859. The number of piperazine rings is 1. The van der Waals surface area contributed by atoms with E-state index < -0.39 is 0 Å². The van der Waals surface area contributed by atoms with E-state index in [0.29, 0.717) is 48.5 Å². The van der Waals surface area contributed by atoms with E-state index in [1.165, 1.54) is 0 Å². The second kappa shape index (κ2) is 8.38. The minimum atomic E-state index is -0.111. The van der Waals surface area contributed by atoms with Gasteiger partial charge >= 0.3 is 0 Å². The van der Waals surface area contributed by atoms with Crippen LogP contribution in [0.3, 0.4) is 0 Å². The van der Waals surface area contributed by atoms with Crippen LogP contribution in [-0.4, -0.2) is 68.0 Å². The van der Waals surface area contributed by atoms with Gasteiger partial charge in [0.15, 0.2) is 6.61 Å². The molecule has 23 heavy (non-hydrogen) atoms. The van der Waals surface area contributed by atoms with Gasteiger partial charge in [0.25, 0.3) is 5.91 Å². The Bertz CT molecular complexity index is 575. The Morgan fingerprint density at radius 1 is 1.22 bits per heavy atom. The van der Waals surface area contributed by atoms with E-state index in [9.17, 15) is 9.59 Å². The molecule has 0 bridgehead atoms. The van der Waals surface area contributed by atoms with Crippen LogP contribution in [0.25, 0.3) is 0 Å². The van der Waals surface area contributed by atoms with Crippen LogP contribution in [-0.2, 0) is 9.59 Å². The molecule has 6 nitrogen and oxygen atoms in total. The number of nitrogens with one attached hydrogen (secondary N) is 1. The fourth-order valence-electron chi connectivity index (χ4n) is 2.26. The van der Waals surface area contributed by atoms with Crippen molar-refractivity contribution in [2.45, 2.75) is 0 Å². The van der Waals surface area contributed by atoms with Crippen molar-refractivity contribution in [1.82, 2.24) is 15.1 Å². The van der Waals surface area contributed by atoms with Gasteiger partial charge in [0.05, 0.1) is 11.6 Å². The predicted molar refractivity (Wildman–Crippen MR) is 89.0 cm³/mol. The molecule has 0 unspecified atom stereocenters. The zero-order chi connectivity index (χ0) is 16.8. The molecule has 8 heteroatoms. The van der Waals surface area contributed by atoms with Crippen molar-refractivity contribution in [2.24, 2.45) is 0 Å². The molecule has 1 aliphatic rings. The van der Waals surface area contributed by atoms with Gasteiger partial charge in [0, 0.05) is 44.3 Å². The van der Waals surface area contributed by atoms with Crippen LogP contribution in [0.1, 0.15) is 0 Å². The normalized spacial score (nSPS) is 15.3. The van der Waals surface area contributed by atoms with Crippen molar-refractivity contribution >= 4 is 35.0 Å². The van der Waals surface area contributed by atoms with Crippen LogP contribution >= 0.6 is 23.2 Å². The summed E-state index contributed by atoms with van der Waals surface area (Å²) in [6, 6.07) is 4.87. The number of amides is 2. The second-order valence-electron chi connectivity index (χ2n) is 5.19. The van der Waals surface area contributed by atoms with E-state index in [1.807, 2.05) is 4.90 Å². The molecule has 1 N–H and O–H groups in total. The monoisotopic (exact) mass is 359 g/mol. The molecule has 0 spiro atoms. The number of carbonyl (C=O) groups is 2. The number of likely N-dealkylation sites (N-methyl/N-ethyl adjacent to an activating group) is 1. The third-order valence-corrected chi connectivity index (χ3v) is 4.16. The summed E-state index contributed by atoms with van der Waals surface area (Å²) >= 11 is 11.9. The Morgan fingerprint density at radius 2 is 1.91 bits per heavy atom. The first kappa shape index (κ1) is 17.8. The molecule has 0 saturated carbocycles. The number of benzene rings is 1. The van der Waals surface area contributed by atoms with Crippen molar-refractivity contribution in [2.75, 3.05) is 46.4 Å². The molecule has 0 atom stereocenters. The van der Waals surface area contributed by atoms with E-state index in [2.05, 4.69) is 5.32 Å². The lowest BCUT2D eigenvalue weighted by Gasteiger charge is -2.34. The van der Waals surface area contributed by atoms with Crippen LogP contribution in [0.4, 0.5) is 0 Å². The van der Waals surface area contributed by atoms with Gasteiger partial charge in [-0.3, -0.25) is 14.5 Å². The summed E-state index contributed by atoms with van der Waals surface area (Å²) in [5.41, 5.74) is 0. The first-order valence-corrected chi connectivity index (χ1v) is 8.03. The lowest BCUT2D eigenvalue weighted by Crippen LogP contribution is -2.51. The van der Waals surface area contributed by atoms with E-state index in [-0.39, 0.29) is 18.4 Å². The number of hydrogen-bond donors (Lipinski definition) is 1. The third-order valence-electron chi connectivity index (χ3n) is 3.62. The van der Waals surface area contributed by atoms with Crippen molar-refractivity contribution < 1.29 is 14.3 Å². The lowest BCUT2D eigenvalue weighted by molar-refractivity contribution is -0.135. The number of rotatable bonds is 5. The third kappa shape index (κ3) is 5.27. The van der Waals surface area contributed by atoms with Gasteiger partial charge in [0.1, 0.15) is 5.75 Å². The van der Waals surface area contributed by atoms with Gasteiger partial charge in [-0.1, -0.05) is 23.2 Å². The molecule has 0 aliphatic carbocycles. The zero-order valence-corrected chi connectivity index (χ0v) is 14.4. The number of halogens is 2. The van der Waals surface area contributed by atoms with Crippen LogP contribution in [0.15, 0.2) is 18.2 Å². The number of hydrogen-bond acceptors (Lipinski definition) is 4. The maximum absolute atomic E-state index is 12.2. The van der Waals surface area contributed by atoms with Crippen LogP contribution in [0, 0.1) is 0 Å². The smallest absolute Gasteiger partial charge is 0.260 e. The van der Waals surface area contributed by atoms with Gasteiger partial charge in [-0.2, -0.15) is 0 Å². The molecule has 0 aromatic heterocycles. The van der Waals surface area contributed by atoms with Gasteiger partial charge in [-0.25, -0.2) is 0 Å². The molecule has 1 aromatic rings. The van der Waals surface area contributed by atoms with E-state index in [0.717, 1.165) is 0 Å². The largest absolute Gasteiger partial charge is 0.482 e. The molecule has 1 aromatic carbocycles. The fourth-order valence-corrected chi connectivity index (χ4v) is 2.59. The molecule has 1 heterocycles. The van der Waals surface area contributed by atoms with Gasteiger partial charge in [-0.15, -0.1) is 0 Å². The first-order chi connectivity index (χ1) is 11.0. The van der Waals surface area contributed by atoms with Gasteiger partial charge < -0.3 is 15.0 Å². The molecular weight excluding hydrogens is 341 g/mol. The van der Waals surface area contributed by atoms with Crippen molar-refractivity contribution in [3.8, 4) is 5.75 Å². The average Bonchev–Trinajstić information content (AvgIpc) is 2.56. The van der Waals surface area contributed by atoms with E-state index in [4.69, 9.17) is 27.9 Å². The highest BCUT2D eigenvalue weighted by molar-refractivity contribution is 6.34. The number of carbonyl (C=O) groups excluding carboxylic acids is 2. The summed E-state index contributed by atoms with van der Waals surface area (Å²) in [5, 5.41) is 3.50. The minimum absolute atomic E-state index is 0.0243. The van der Waals surface area contributed by atoms with Crippen LogP contribution < -0.4 is 10.1 Å². The first-order valence-electron chi connectivity index (χ1n) is 7.28. The topological polar surface area (TPSA) is 61.9 Å². The maximum atomic E-state index is 12.2. The Balaban J connectivity index is 1.79. The van der Waals surface area contributed by atoms with Crippen LogP contribution in [0.5, 0.6) is 5.75 Å². The molecule has 126 valence electrons. The Morgan fingerprint density at radius 3 is 2.57 bits per heavy atom. The number of nitrogens with zero attached hydrogens (tertiary/aromatic N) is 2. The molecule has 1 saturated heterocycles. The van der Waals surface area contributed by atoms with Crippen molar-refractivity contribution in [3.05, 3.63) is 28.2 Å². The lowest BCUT2D eigenvalue weighted by atomic mass is 10.3. The molecule has 1 aliphatic heterocycles. The van der Waals surface area contributed by atoms with Gasteiger partial charge in [0.2, 0.25) is 5.91 Å². The van der Waals surface area contributed by atoms with E-state index >= 15 is 0 Å². The summed E-state index contributed by atoms with van der Waals surface area (Å²) in [6.07, 6.45) is 0. The highest BCUT2D eigenvalue weighted by Crippen LogP contribution is 2.27. The fraction of sp³-hybridized carbons (Fsp3) is 0.467. The highest BCUT2D eigenvalue weighted by atomic mass is 35.5. The summed E-state index contributed by atoms with van der Waals surface area (Å²) in [4.78, 5) is 27.2. The van der Waals surface area contributed by atoms with Crippen molar-refractivity contribution in [3.63, 3.8) is 0 Å². The SMILES string of the molecule is CNC(=O)CN1CCN(C(=O)COc2cc(Cl)ccc2Cl)CC1. The molecule has 1 fully saturated rings. The number of ether oxygens (including phenoxy) is 1. The summed E-state index contributed by atoms with van der Waals surface area (Å²) in [6.45, 7) is 2.74. The molecule has 0 radical (unpaired) electrons. The summed E-state index contributed by atoms with van der Waals surface area (Å²) < 4.78 is 5.46. The Labute approximate surface area is 145 Å². The zero-order valence-electron chi connectivity index (χ0n) is 12.8. The van der Waals surface area contributed by atoms with Crippen molar-refractivity contribution in [1.29, 1.82) is 0 Å². The standard InChI is InChI=1S/C15H19Cl2N3O3/c1-18-14(21)9-19-4-6-20(7-5-19)15(22)10-23-13-8-11(16)2-3-12(13)17/h2-3,8H,4-7,9-10H2,1H3,(H,18,21). The van der Waals surface area contributed by atoms with Crippen LogP contribution in [0.2, 0.25) is 10.0 Å². The Hall–Kier alpha value is -1.50. The summed E-state index contributed by atoms with van der Waals surface area (Å²) in [7, 11) is 1.61. The van der Waals surface area contributed by atoms with E-state index in [1.54, 1.807) is 30.1 Å². The second-order valence-corrected chi connectivity index (χ2v) is 6.04. The predicted octanol–water partition coefficient (Wildman–Crippen LogP) is 1.26.